The molecule has 1 atom stereocenters. The van der Waals surface area contributed by atoms with E-state index in [1.807, 2.05) is 36.5 Å². The van der Waals surface area contributed by atoms with Gasteiger partial charge in [0.15, 0.2) is 0 Å². The molecule has 0 radical (unpaired) electrons. The van der Waals surface area contributed by atoms with E-state index in [1.54, 1.807) is 0 Å². The number of aromatic amines is 1. The third-order valence-corrected chi connectivity index (χ3v) is 5.31. The van der Waals surface area contributed by atoms with Crippen molar-refractivity contribution in [3.8, 4) is 0 Å². The average molecular weight is 349 g/mol. The lowest BCUT2D eigenvalue weighted by Crippen LogP contribution is -2.21. The number of aliphatic hydroxyl groups is 1. The minimum atomic E-state index is -0.409. The number of nitrogens with zero attached hydrogens (tertiary/aromatic N) is 2. The van der Waals surface area contributed by atoms with E-state index in [2.05, 4.69) is 34.9 Å². The maximum atomic E-state index is 10.4. The number of aliphatic hydroxyl groups excluding tert-OH is 1. The molecule has 0 aliphatic heterocycles. The Morgan fingerprint density at radius 2 is 2.04 bits per heavy atom. The van der Waals surface area contributed by atoms with Crippen molar-refractivity contribution in [1.82, 2.24) is 14.9 Å². The molecule has 1 unspecified atom stereocenters. The molecule has 4 rings (SSSR count). The fraction of sp³-hybridized carbons (Fsp3) is 0.409. The summed E-state index contributed by atoms with van der Waals surface area (Å²) in [7, 11) is 2.14. The number of aromatic nitrogens is 2. The first kappa shape index (κ1) is 17.3. The summed E-state index contributed by atoms with van der Waals surface area (Å²) < 4.78 is 0. The summed E-state index contributed by atoms with van der Waals surface area (Å²) in [4.78, 5) is 10.5. The highest BCUT2D eigenvalue weighted by Gasteiger charge is 2.29. The Kier molecular flexibility index (Phi) is 4.79. The molecular formula is C22H27N3O. The van der Waals surface area contributed by atoms with Crippen molar-refractivity contribution in [2.45, 2.75) is 44.8 Å². The van der Waals surface area contributed by atoms with Crippen LogP contribution in [0.4, 0.5) is 0 Å². The Balaban J connectivity index is 1.48. The van der Waals surface area contributed by atoms with Crippen LogP contribution < -0.4 is 0 Å². The van der Waals surface area contributed by atoms with Crippen LogP contribution in [0.5, 0.6) is 0 Å². The number of benzene rings is 1. The molecule has 4 heteroatoms. The summed E-state index contributed by atoms with van der Waals surface area (Å²) in [6.45, 7) is 3.84. The van der Waals surface area contributed by atoms with Crippen LogP contribution in [0.3, 0.4) is 0 Å². The van der Waals surface area contributed by atoms with Crippen LogP contribution in [0, 0.1) is 6.92 Å². The fourth-order valence-corrected chi connectivity index (χ4v) is 3.67. The van der Waals surface area contributed by atoms with E-state index in [0.29, 0.717) is 5.92 Å². The van der Waals surface area contributed by atoms with E-state index >= 15 is 0 Å². The third kappa shape index (κ3) is 3.67. The van der Waals surface area contributed by atoms with Crippen LogP contribution in [-0.4, -0.2) is 33.6 Å². The average Bonchev–Trinajstić information content (AvgIpc) is 3.44. The van der Waals surface area contributed by atoms with Gasteiger partial charge in [-0.1, -0.05) is 30.3 Å². The summed E-state index contributed by atoms with van der Waals surface area (Å²) in [5.41, 5.74) is 5.95. The first-order valence-electron chi connectivity index (χ1n) is 9.50. The number of fused-ring (bicyclic) bond motifs is 1. The molecule has 0 saturated heterocycles. The second-order valence-corrected chi connectivity index (χ2v) is 7.65. The lowest BCUT2D eigenvalue weighted by atomic mass is 10.1. The Morgan fingerprint density at radius 1 is 1.27 bits per heavy atom. The van der Waals surface area contributed by atoms with Gasteiger partial charge in [-0.15, -0.1) is 0 Å². The molecule has 26 heavy (non-hydrogen) atoms. The zero-order chi connectivity index (χ0) is 18.1. The largest absolute Gasteiger partial charge is 0.388 e. The van der Waals surface area contributed by atoms with Crippen LogP contribution in [0.2, 0.25) is 0 Å². The van der Waals surface area contributed by atoms with E-state index in [0.717, 1.165) is 30.7 Å². The molecule has 4 nitrogen and oxygen atoms in total. The van der Waals surface area contributed by atoms with Crippen LogP contribution >= 0.6 is 0 Å². The zero-order valence-electron chi connectivity index (χ0n) is 15.6. The van der Waals surface area contributed by atoms with Gasteiger partial charge in [-0.2, -0.15) is 0 Å². The molecule has 3 aromatic rings. The number of hydrogen-bond acceptors (Lipinski definition) is 3. The van der Waals surface area contributed by atoms with E-state index in [1.165, 1.54) is 35.0 Å². The molecule has 0 bridgehead atoms. The van der Waals surface area contributed by atoms with Gasteiger partial charge in [-0.05, 0) is 61.9 Å². The van der Waals surface area contributed by atoms with Crippen molar-refractivity contribution >= 4 is 11.0 Å². The van der Waals surface area contributed by atoms with Gasteiger partial charge in [0.1, 0.15) is 5.65 Å². The van der Waals surface area contributed by atoms with E-state index in [4.69, 9.17) is 0 Å². The van der Waals surface area contributed by atoms with Gasteiger partial charge >= 0.3 is 0 Å². The highest BCUT2D eigenvalue weighted by molar-refractivity contribution is 5.82. The van der Waals surface area contributed by atoms with E-state index < -0.39 is 6.10 Å². The monoisotopic (exact) mass is 349 g/mol. The quantitative estimate of drug-likeness (QED) is 0.668. The molecule has 2 aromatic heterocycles. The number of hydrogen-bond donors (Lipinski definition) is 2. The number of H-pyrrole nitrogens is 1. The van der Waals surface area contributed by atoms with Gasteiger partial charge in [0.05, 0.1) is 6.10 Å². The first-order chi connectivity index (χ1) is 12.6. The molecule has 0 spiro atoms. The zero-order valence-corrected chi connectivity index (χ0v) is 15.6. The van der Waals surface area contributed by atoms with Gasteiger partial charge in [-0.25, -0.2) is 4.98 Å². The van der Waals surface area contributed by atoms with Crippen molar-refractivity contribution < 1.29 is 5.11 Å². The smallest absolute Gasteiger partial charge is 0.137 e. The van der Waals surface area contributed by atoms with Crippen LogP contribution in [0.15, 0.2) is 42.6 Å². The lowest BCUT2D eigenvalue weighted by molar-refractivity contribution is 0.147. The molecule has 2 heterocycles. The predicted octanol–water partition coefficient (Wildman–Crippen LogP) is 4.30. The maximum absolute atomic E-state index is 10.4. The van der Waals surface area contributed by atoms with Gasteiger partial charge in [0, 0.05) is 30.4 Å². The minimum absolute atomic E-state index is 0.409. The Morgan fingerprint density at radius 3 is 2.77 bits per heavy atom. The van der Waals surface area contributed by atoms with Crippen LogP contribution in [0.1, 0.15) is 53.7 Å². The molecule has 1 saturated carbocycles. The molecule has 1 fully saturated rings. The molecule has 2 N–H and O–H groups in total. The Bertz CT molecular complexity index is 883. The molecule has 136 valence electrons. The van der Waals surface area contributed by atoms with Crippen molar-refractivity contribution in [2.75, 3.05) is 13.6 Å². The van der Waals surface area contributed by atoms with Gasteiger partial charge < -0.3 is 15.0 Å². The Labute approximate surface area is 154 Å². The van der Waals surface area contributed by atoms with Gasteiger partial charge in [0.2, 0.25) is 0 Å². The van der Waals surface area contributed by atoms with Gasteiger partial charge in [0.25, 0.3) is 0 Å². The van der Waals surface area contributed by atoms with Crippen molar-refractivity contribution in [2.24, 2.45) is 0 Å². The summed E-state index contributed by atoms with van der Waals surface area (Å²) in [5.74, 6) is 0.669. The SMILES string of the molecule is Cc1cnc2[nH]c(C3CC3)c(CN(C)CCC(O)c3ccccc3)c2c1. The molecular weight excluding hydrogens is 322 g/mol. The number of nitrogens with one attached hydrogen (secondary N) is 1. The van der Waals surface area contributed by atoms with E-state index in [-0.39, 0.29) is 0 Å². The number of aryl methyl sites for hydroxylation is 1. The molecule has 1 aliphatic carbocycles. The normalized spacial score (nSPS) is 15.7. The summed E-state index contributed by atoms with van der Waals surface area (Å²) in [6, 6.07) is 12.2. The summed E-state index contributed by atoms with van der Waals surface area (Å²) >= 11 is 0. The Hall–Kier alpha value is -2.17. The van der Waals surface area contributed by atoms with Crippen LogP contribution in [-0.2, 0) is 6.54 Å². The molecule has 1 aliphatic rings. The highest BCUT2D eigenvalue weighted by Crippen LogP contribution is 2.43. The van der Waals surface area contributed by atoms with Crippen LogP contribution in [0.25, 0.3) is 11.0 Å². The molecule has 0 amide bonds. The highest BCUT2D eigenvalue weighted by atomic mass is 16.3. The summed E-state index contributed by atoms with van der Waals surface area (Å²) in [5, 5.41) is 11.7. The van der Waals surface area contributed by atoms with Crippen molar-refractivity contribution in [1.29, 1.82) is 0 Å². The van der Waals surface area contributed by atoms with Crippen molar-refractivity contribution in [3.05, 3.63) is 65.0 Å². The predicted molar refractivity (Wildman–Crippen MR) is 105 cm³/mol. The maximum Gasteiger partial charge on any atom is 0.137 e. The second kappa shape index (κ2) is 7.22. The number of pyridine rings is 1. The topological polar surface area (TPSA) is 52.2 Å². The minimum Gasteiger partial charge on any atom is -0.388 e. The molecule has 1 aromatic carbocycles. The first-order valence-corrected chi connectivity index (χ1v) is 9.50. The number of rotatable bonds is 7. The standard InChI is InChI=1S/C22H27N3O/c1-15-12-18-19(21(17-8-9-17)24-22(18)23-13-15)14-25(2)11-10-20(26)16-6-4-3-5-7-16/h3-7,12-13,17,20,26H,8-11,14H2,1-2H3,(H,23,24). The lowest BCUT2D eigenvalue weighted by Gasteiger charge is -2.20. The van der Waals surface area contributed by atoms with Crippen molar-refractivity contribution in [3.63, 3.8) is 0 Å². The van der Waals surface area contributed by atoms with Gasteiger partial charge in [-0.3, -0.25) is 0 Å². The second-order valence-electron chi connectivity index (χ2n) is 7.65. The van der Waals surface area contributed by atoms with E-state index in [9.17, 15) is 5.11 Å². The third-order valence-electron chi connectivity index (χ3n) is 5.31. The summed E-state index contributed by atoms with van der Waals surface area (Å²) in [6.07, 6.45) is 4.80. The fourth-order valence-electron chi connectivity index (χ4n) is 3.67.